The van der Waals surface area contributed by atoms with E-state index in [1.54, 1.807) is 6.07 Å². The van der Waals surface area contributed by atoms with Crippen LogP contribution in [0.15, 0.2) is 35.2 Å². The summed E-state index contributed by atoms with van der Waals surface area (Å²) in [5.41, 5.74) is -2.61. The van der Waals surface area contributed by atoms with Crippen molar-refractivity contribution in [3.05, 3.63) is 30.3 Å². The molecular formula is C14H16F4OS. The summed E-state index contributed by atoms with van der Waals surface area (Å²) in [5, 5.41) is 5.62. The first kappa shape index (κ1) is 15.6. The first-order valence-electron chi connectivity index (χ1n) is 6.51. The van der Waals surface area contributed by atoms with Crippen molar-refractivity contribution in [3.63, 3.8) is 0 Å². The van der Waals surface area contributed by atoms with Gasteiger partial charge in [0, 0.05) is 4.90 Å². The number of alkyl halides is 4. The molecule has 0 aliphatic heterocycles. The summed E-state index contributed by atoms with van der Waals surface area (Å²) in [6.07, 6.45) is 0.808. The standard InChI is InChI=1S/C14H16F4OS/c15-13(16,12(19)9-5-2-6-10-12)14(17,18)20-11-7-3-1-4-8-11/h1,3-4,7-8,19H,2,5-6,9-10H2. The summed E-state index contributed by atoms with van der Waals surface area (Å²) in [5.74, 6) is -4.46. The lowest BCUT2D eigenvalue weighted by Crippen LogP contribution is -2.58. The molecule has 1 aromatic rings. The zero-order chi connectivity index (χ0) is 14.9. The van der Waals surface area contributed by atoms with E-state index in [0.717, 1.165) is 0 Å². The molecule has 1 nitrogen and oxygen atoms in total. The maximum absolute atomic E-state index is 14.1. The fourth-order valence-electron chi connectivity index (χ4n) is 2.42. The van der Waals surface area contributed by atoms with Gasteiger partial charge in [-0.3, -0.25) is 0 Å². The Balaban J connectivity index is 2.22. The van der Waals surface area contributed by atoms with Gasteiger partial charge in [0.2, 0.25) is 0 Å². The van der Waals surface area contributed by atoms with Crippen LogP contribution >= 0.6 is 11.8 Å². The molecule has 0 spiro atoms. The monoisotopic (exact) mass is 308 g/mol. The second-order valence-corrected chi connectivity index (χ2v) is 6.29. The van der Waals surface area contributed by atoms with Crippen molar-refractivity contribution in [2.75, 3.05) is 0 Å². The smallest absolute Gasteiger partial charge is 0.363 e. The molecule has 0 aromatic heterocycles. The Morgan fingerprint density at radius 3 is 2.05 bits per heavy atom. The quantitative estimate of drug-likeness (QED) is 0.642. The second kappa shape index (κ2) is 5.56. The Morgan fingerprint density at radius 2 is 1.50 bits per heavy atom. The van der Waals surface area contributed by atoms with Gasteiger partial charge in [0.15, 0.2) is 0 Å². The summed E-state index contributed by atoms with van der Waals surface area (Å²) in [6.45, 7) is 0. The summed E-state index contributed by atoms with van der Waals surface area (Å²) < 4.78 is 56.2. The van der Waals surface area contributed by atoms with Crippen molar-refractivity contribution < 1.29 is 22.7 Å². The fraction of sp³-hybridized carbons (Fsp3) is 0.571. The number of aliphatic hydroxyl groups is 1. The molecule has 2 rings (SSSR count). The molecule has 0 unspecified atom stereocenters. The van der Waals surface area contributed by atoms with Crippen LogP contribution in [0, 0.1) is 0 Å². The molecule has 1 fully saturated rings. The number of benzene rings is 1. The normalized spacial score (nSPS) is 19.9. The highest BCUT2D eigenvalue weighted by Gasteiger charge is 2.68. The number of halogens is 4. The van der Waals surface area contributed by atoms with Gasteiger partial charge >= 0.3 is 11.2 Å². The van der Waals surface area contributed by atoms with E-state index >= 15 is 0 Å². The molecule has 0 amide bonds. The number of rotatable bonds is 4. The van der Waals surface area contributed by atoms with Crippen molar-refractivity contribution >= 4 is 11.8 Å². The first-order chi connectivity index (χ1) is 9.29. The Morgan fingerprint density at radius 1 is 0.950 bits per heavy atom. The minimum Gasteiger partial charge on any atom is -0.383 e. The van der Waals surface area contributed by atoms with Crippen LogP contribution in [0.2, 0.25) is 0 Å². The zero-order valence-electron chi connectivity index (χ0n) is 10.8. The lowest BCUT2D eigenvalue weighted by molar-refractivity contribution is -0.265. The Labute approximate surface area is 119 Å². The third-order valence-electron chi connectivity index (χ3n) is 3.62. The van der Waals surface area contributed by atoms with Crippen molar-refractivity contribution in [1.82, 2.24) is 0 Å². The Hall–Kier alpha value is -0.750. The highest BCUT2D eigenvalue weighted by molar-refractivity contribution is 8.00. The molecule has 0 atom stereocenters. The van der Waals surface area contributed by atoms with Crippen molar-refractivity contribution in [2.45, 2.75) is 53.8 Å². The SMILES string of the molecule is OC1(C(F)(F)C(F)(F)Sc2ccccc2)CCCCC1. The van der Waals surface area contributed by atoms with Crippen LogP contribution in [-0.2, 0) is 0 Å². The maximum Gasteiger partial charge on any atom is 0.363 e. The summed E-state index contributed by atoms with van der Waals surface area (Å²) in [4.78, 5) is 0.0524. The van der Waals surface area contributed by atoms with Crippen LogP contribution in [0.1, 0.15) is 32.1 Å². The van der Waals surface area contributed by atoms with Crippen LogP contribution in [0.3, 0.4) is 0 Å². The number of hydrogen-bond donors (Lipinski definition) is 1. The van der Waals surface area contributed by atoms with Gasteiger partial charge in [0.25, 0.3) is 0 Å². The second-order valence-electron chi connectivity index (χ2n) is 5.10. The van der Waals surface area contributed by atoms with E-state index in [1.807, 2.05) is 0 Å². The largest absolute Gasteiger partial charge is 0.383 e. The number of thioether (sulfide) groups is 1. The molecule has 0 saturated heterocycles. The van der Waals surface area contributed by atoms with E-state index in [2.05, 4.69) is 0 Å². The van der Waals surface area contributed by atoms with Gasteiger partial charge in [-0.05, 0) is 36.7 Å². The van der Waals surface area contributed by atoms with Gasteiger partial charge in [-0.15, -0.1) is 0 Å². The van der Waals surface area contributed by atoms with Gasteiger partial charge in [-0.1, -0.05) is 37.5 Å². The van der Waals surface area contributed by atoms with Gasteiger partial charge in [0.05, 0.1) is 0 Å². The third kappa shape index (κ3) is 2.81. The van der Waals surface area contributed by atoms with Crippen LogP contribution in [0.5, 0.6) is 0 Å². The highest BCUT2D eigenvalue weighted by Crippen LogP contribution is 2.54. The predicted molar refractivity (Wildman–Crippen MR) is 70.2 cm³/mol. The lowest BCUT2D eigenvalue weighted by Gasteiger charge is -2.41. The molecule has 1 aromatic carbocycles. The fourth-order valence-corrected chi connectivity index (χ4v) is 3.33. The molecule has 1 saturated carbocycles. The number of hydrogen-bond acceptors (Lipinski definition) is 2. The van der Waals surface area contributed by atoms with Crippen LogP contribution in [0.25, 0.3) is 0 Å². The van der Waals surface area contributed by atoms with Crippen LogP contribution in [-0.4, -0.2) is 21.9 Å². The summed E-state index contributed by atoms with van der Waals surface area (Å²) in [6, 6.07) is 7.33. The van der Waals surface area contributed by atoms with Gasteiger partial charge < -0.3 is 5.11 Å². The van der Waals surface area contributed by atoms with Gasteiger partial charge in [-0.25, -0.2) is 0 Å². The molecule has 0 heterocycles. The summed E-state index contributed by atoms with van der Waals surface area (Å²) in [7, 11) is 0. The minimum absolute atomic E-state index is 0.0524. The summed E-state index contributed by atoms with van der Waals surface area (Å²) >= 11 is -0.198. The Kier molecular flexibility index (Phi) is 4.35. The molecule has 0 bridgehead atoms. The van der Waals surface area contributed by atoms with E-state index in [1.165, 1.54) is 24.3 Å². The van der Waals surface area contributed by atoms with Crippen LogP contribution < -0.4 is 0 Å². The first-order valence-corrected chi connectivity index (χ1v) is 7.32. The van der Waals surface area contributed by atoms with Gasteiger partial charge in [0.1, 0.15) is 5.60 Å². The van der Waals surface area contributed by atoms with Gasteiger partial charge in [-0.2, -0.15) is 17.6 Å². The van der Waals surface area contributed by atoms with Crippen molar-refractivity contribution in [2.24, 2.45) is 0 Å². The van der Waals surface area contributed by atoms with Crippen molar-refractivity contribution in [1.29, 1.82) is 0 Å². The third-order valence-corrected chi connectivity index (χ3v) is 4.64. The maximum atomic E-state index is 14.1. The minimum atomic E-state index is -4.46. The highest BCUT2D eigenvalue weighted by atomic mass is 32.2. The lowest BCUT2D eigenvalue weighted by atomic mass is 9.80. The average molecular weight is 308 g/mol. The predicted octanol–water partition coefficient (Wildman–Crippen LogP) is 4.70. The topological polar surface area (TPSA) is 20.2 Å². The molecule has 1 aliphatic carbocycles. The van der Waals surface area contributed by atoms with Crippen LogP contribution in [0.4, 0.5) is 17.6 Å². The molecule has 1 aliphatic rings. The van der Waals surface area contributed by atoms with E-state index in [4.69, 9.17) is 0 Å². The van der Waals surface area contributed by atoms with E-state index in [9.17, 15) is 22.7 Å². The van der Waals surface area contributed by atoms with E-state index in [-0.39, 0.29) is 29.5 Å². The molecule has 1 N–H and O–H groups in total. The Bertz CT molecular complexity index is 444. The molecule has 0 radical (unpaired) electrons. The average Bonchev–Trinajstić information content (AvgIpc) is 2.40. The van der Waals surface area contributed by atoms with E-state index in [0.29, 0.717) is 19.3 Å². The molecular weight excluding hydrogens is 292 g/mol. The molecule has 20 heavy (non-hydrogen) atoms. The molecule has 112 valence electrons. The van der Waals surface area contributed by atoms with E-state index < -0.39 is 16.8 Å². The zero-order valence-corrected chi connectivity index (χ0v) is 11.6. The van der Waals surface area contributed by atoms with Crippen molar-refractivity contribution in [3.8, 4) is 0 Å². The molecule has 6 heteroatoms.